The van der Waals surface area contributed by atoms with Crippen molar-refractivity contribution in [3.63, 3.8) is 0 Å². The molecule has 4 nitrogen and oxygen atoms in total. The maximum absolute atomic E-state index is 12.8. The zero-order valence-corrected chi connectivity index (χ0v) is 22.8. The Bertz CT molecular complexity index is 864. The van der Waals surface area contributed by atoms with Crippen molar-refractivity contribution in [3.8, 4) is 0 Å². The van der Waals surface area contributed by atoms with Gasteiger partial charge in [-0.25, -0.2) is 0 Å². The van der Waals surface area contributed by atoms with Crippen molar-refractivity contribution < 1.29 is 20.1 Å². The van der Waals surface area contributed by atoms with Crippen LogP contribution in [0.1, 0.15) is 113 Å². The lowest BCUT2D eigenvalue weighted by Gasteiger charge is -2.73. The topological polar surface area (TPSA) is 77.8 Å². The molecule has 0 radical (unpaired) electrons. The molecule has 5 fully saturated rings. The summed E-state index contributed by atoms with van der Waals surface area (Å²) in [5.74, 6) is 0.926. The predicted molar refractivity (Wildman–Crippen MR) is 134 cm³/mol. The standard InChI is InChI=1S/C30H50O4/c1-18-23-19-8-9-21-26(4)12-11-22(31)25(2,3)20(26)10-13-28(21,6)27(19,5)14-16-30(23,24(32)33)17-15-29(18,7)34/h18-23,31,34H,8-17H2,1-7H3,(H,32,33). The quantitative estimate of drug-likeness (QED) is 0.418. The van der Waals surface area contributed by atoms with Crippen LogP contribution in [0.2, 0.25) is 0 Å². The summed E-state index contributed by atoms with van der Waals surface area (Å²) < 4.78 is 0. The number of carbonyl (C=O) groups is 1. The second-order valence-corrected chi connectivity index (χ2v) is 15.2. The zero-order chi connectivity index (χ0) is 25.1. The first-order chi connectivity index (χ1) is 15.6. The molecule has 0 aliphatic heterocycles. The molecule has 0 aromatic rings. The lowest BCUT2D eigenvalue weighted by Crippen LogP contribution is -2.69. The zero-order valence-electron chi connectivity index (χ0n) is 22.8. The van der Waals surface area contributed by atoms with Gasteiger partial charge in [-0.15, -0.1) is 0 Å². The molecule has 5 rings (SSSR count). The summed E-state index contributed by atoms with van der Waals surface area (Å²) in [6.45, 7) is 16.3. The molecule has 0 amide bonds. The molecule has 11 atom stereocenters. The van der Waals surface area contributed by atoms with Crippen LogP contribution in [0.4, 0.5) is 0 Å². The molecule has 5 aliphatic carbocycles. The van der Waals surface area contributed by atoms with E-state index in [1.54, 1.807) is 0 Å². The molecular formula is C30H50O4. The Labute approximate surface area is 207 Å². The average molecular weight is 475 g/mol. The molecule has 3 N–H and O–H groups in total. The van der Waals surface area contributed by atoms with Gasteiger partial charge in [-0.05, 0) is 122 Å². The van der Waals surface area contributed by atoms with Crippen LogP contribution >= 0.6 is 0 Å². The minimum atomic E-state index is -0.785. The van der Waals surface area contributed by atoms with Gasteiger partial charge in [0.1, 0.15) is 0 Å². The third-order valence-electron chi connectivity index (χ3n) is 14.1. The van der Waals surface area contributed by atoms with Crippen LogP contribution in [-0.2, 0) is 4.79 Å². The fraction of sp³-hybridized carbons (Fsp3) is 0.967. The van der Waals surface area contributed by atoms with Gasteiger partial charge in [0.25, 0.3) is 0 Å². The van der Waals surface area contributed by atoms with Crippen LogP contribution in [0.25, 0.3) is 0 Å². The van der Waals surface area contributed by atoms with E-state index in [1.165, 1.54) is 6.42 Å². The molecular weight excluding hydrogens is 424 g/mol. The van der Waals surface area contributed by atoms with Gasteiger partial charge in [0.05, 0.1) is 17.1 Å². The van der Waals surface area contributed by atoms with E-state index in [0.29, 0.717) is 30.6 Å². The highest BCUT2D eigenvalue weighted by Crippen LogP contribution is 2.77. The first-order valence-electron chi connectivity index (χ1n) is 14.2. The molecule has 4 heteroatoms. The van der Waals surface area contributed by atoms with Gasteiger partial charge in [0.2, 0.25) is 0 Å². The van der Waals surface area contributed by atoms with Crippen LogP contribution in [0, 0.1) is 56.7 Å². The highest BCUT2D eigenvalue weighted by atomic mass is 16.4. The molecule has 5 aliphatic rings. The van der Waals surface area contributed by atoms with E-state index in [9.17, 15) is 20.1 Å². The Balaban J connectivity index is 1.57. The van der Waals surface area contributed by atoms with Crippen molar-refractivity contribution in [2.45, 2.75) is 124 Å². The van der Waals surface area contributed by atoms with Crippen LogP contribution in [0.15, 0.2) is 0 Å². The van der Waals surface area contributed by atoms with Gasteiger partial charge in [-0.2, -0.15) is 0 Å². The third kappa shape index (κ3) is 2.82. The normalized spacial score (nSPS) is 58.6. The minimum absolute atomic E-state index is 0.00203. The number of aliphatic hydroxyl groups excluding tert-OH is 1. The second kappa shape index (κ2) is 7.24. The van der Waals surface area contributed by atoms with Crippen molar-refractivity contribution >= 4 is 5.97 Å². The first-order valence-corrected chi connectivity index (χ1v) is 14.2. The number of aliphatic hydroxyl groups is 2. The Hall–Kier alpha value is -0.610. The summed E-state index contributed by atoms with van der Waals surface area (Å²) in [5, 5.41) is 32.8. The molecule has 0 bridgehead atoms. The Morgan fingerprint density at radius 3 is 2.06 bits per heavy atom. The maximum Gasteiger partial charge on any atom is 0.309 e. The number of carboxylic acids is 1. The van der Waals surface area contributed by atoms with E-state index in [4.69, 9.17) is 0 Å². The molecule has 11 unspecified atom stereocenters. The van der Waals surface area contributed by atoms with Gasteiger partial charge in [0.15, 0.2) is 0 Å². The van der Waals surface area contributed by atoms with E-state index >= 15 is 0 Å². The molecule has 5 saturated carbocycles. The van der Waals surface area contributed by atoms with Crippen LogP contribution < -0.4 is 0 Å². The molecule has 0 aromatic carbocycles. The number of hydrogen-bond donors (Lipinski definition) is 3. The summed E-state index contributed by atoms with van der Waals surface area (Å²) in [5.41, 5.74) is -1.01. The average Bonchev–Trinajstić information content (AvgIpc) is 2.74. The first kappa shape index (κ1) is 25.1. The molecule has 0 aromatic heterocycles. The van der Waals surface area contributed by atoms with E-state index in [2.05, 4.69) is 41.5 Å². The highest BCUT2D eigenvalue weighted by molar-refractivity contribution is 5.76. The summed E-state index contributed by atoms with van der Waals surface area (Å²) in [7, 11) is 0. The summed E-state index contributed by atoms with van der Waals surface area (Å²) >= 11 is 0. The molecule has 34 heavy (non-hydrogen) atoms. The second-order valence-electron chi connectivity index (χ2n) is 15.2. The lowest BCUT2D eigenvalue weighted by molar-refractivity contribution is -0.265. The summed E-state index contributed by atoms with van der Waals surface area (Å²) in [6.07, 6.45) is 9.35. The predicted octanol–water partition coefficient (Wildman–Crippen LogP) is 6.28. The van der Waals surface area contributed by atoms with Crippen molar-refractivity contribution in [3.05, 3.63) is 0 Å². The summed E-state index contributed by atoms with van der Waals surface area (Å²) in [4.78, 5) is 12.8. The van der Waals surface area contributed by atoms with Gasteiger partial charge in [-0.1, -0.05) is 41.5 Å². The Kier molecular flexibility index (Phi) is 5.34. The van der Waals surface area contributed by atoms with E-state index in [0.717, 1.165) is 44.9 Å². The number of hydrogen-bond acceptors (Lipinski definition) is 3. The lowest BCUT2D eigenvalue weighted by atomic mass is 9.31. The van der Waals surface area contributed by atoms with E-state index < -0.39 is 17.0 Å². The summed E-state index contributed by atoms with van der Waals surface area (Å²) in [6, 6.07) is 0. The van der Waals surface area contributed by atoms with Crippen LogP contribution in [-0.4, -0.2) is 33.0 Å². The van der Waals surface area contributed by atoms with Gasteiger partial charge >= 0.3 is 5.97 Å². The van der Waals surface area contributed by atoms with Crippen molar-refractivity contribution in [1.82, 2.24) is 0 Å². The smallest absolute Gasteiger partial charge is 0.309 e. The highest BCUT2D eigenvalue weighted by Gasteiger charge is 2.72. The SMILES string of the molecule is CC1C2C3CCC4C5(C)CCC(O)C(C)(C)C5CCC4(C)C3(C)CCC2(C(=O)O)CCC1(C)O. The number of rotatable bonds is 1. The number of fused-ring (bicyclic) bond motifs is 7. The monoisotopic (exact) mass is 474 g/mol. The van der Waals surface area contributed by atoms with Gasteiger partial charge in [-0.3, -0.25) is 4.79 Å². The van der Waals surface area contributed by atoms with Crippen LogP contribution in [0.5, 0.6) is 0 Å². The van der Waals surface area contributed by atoms with E-state index in [1.807, 2.05) is 6.92 Å². The Morgan fingerprint density at radius 2 is 1.41 bits per heavy atom. The Morgan fingerprint density at radius 1 is 0.765 bits per heavy atom. The molecule has 0 saturated heterocycles. The van der Waals surface area contributed by atoms with Gasteiger partial charge < -0.3 is 15.3 Å². The van der Waals surface area contributed by atoms with Crippen molar-refractivity contribution in [2.24, 2.45) is 56.7 Å². The maximum atomic E-state index is 12.8. The number of carboxylic acid groups (broad SMARTS) is 1. The number of aliphatic carboxylic acids is 1. The minimum Gasteiger partial charge on any atom is -0.481 e. The molecule has 194 valence electrons. The van der Waals surface area contributed by atoms with Crippen LogP contribution in [0.3, 0.4) is 0 Å². The van der Waals surface area contributed by atoms with Gasteiger partial charge in [0, 0.05) is 0 Å². The fourth-order valence-corrected chi connectivity index (χ4v) is 11.6. The van der Waals surface area contributed by atoms with Crippen molar-refractivity contribution in [2.75, 3.05) is 0 Å². The van der Waals surface area contributed by atoms with E-state index in [-0.39, 0.29) is 39.6 Å². The largest absolute Gasteiger partial charge is 0.481 e. The fourth-order valence-electron chi connectivity index (χ4n) is 11.6. The molecule has 0 spiro atoms. The molecule has 0 heterocycles. The third-order valence-corrected chi connectivity index (χ3v) is 14.1. The van der Waals surface area contributed by atoms with Crippen molar-refractivity contribution in [1.29, 1.82) is 0 Å².